The highest BCUT2D eigenvalue weighted by Crippen LogP contribution is 2.25. The van der Waals surface area contributed by atoms with Gasteiger partial charge >= 0.3 is 0 Å². The van der Waals surface area contributed by atoms with Gasteiger partial charge in [-0.25, -0.2) is 0 Å². The summed E-state index contributed by atoms with van der Waals surface area (Å²) in [5.41, 5.74) is 0. The van der Waals surface area contributed by atoms with Crippen molar-refractivity contribution in [2.75, 3.05) is 32.8 Å². The van der Waals surface area contributed by atoms with Crippen molar-refractivity contribution in [3.8, 4) is 0 Å². The second-order valence-electron chi connectivity index (χ2n) is 5.22. The van der Waals surface area contributed by atoms with Gasteiger partial charge in [0.05, 0.1) is 6.54 Å². The van der Waals surface area contributed by atoms with Gasteiger partial charge in [0.25, 0.3) is 0 Å². The summed E-state index contributed by atoms with van der Waals surface area (Å²) in [4.78, 5) is 16.4. The molecule has 0 aromatic rings. The second-order valence-corrected chi connectivity index (χ2v) is 5.22. The molecule has 1 amide bonds. The summed E-state index contributed by atoms with van der Waals surface area (Å²) in [5.74, 6) is 0.285. The van der Waals surface area contributed by atoms with Crippen LogP contribution in [0.3, 0.4) is 0 Å². The van der Waals surface area contributed by atoms with Crippen LogP contribution in [0.2, 0.25) is 0 Å². The Morgan fingerprint density at radius 1 is 1.24 bits per heavy atom. The number of rotatable bonds is 6. The van der Waals surface area contributed by atoms with Crippen molar-refractivity contribution in [2.45, 2.75) is 44.6 Å². The van der Waals surface area contributed by atoms with Crippen LogP contribution in [0, 0.1) is 0 Å². The molecule has 1 saturated carbocycles. The molecule has 0 bridgehead atoms. The number of carbonyl (C=O) groups is 1. The summed E-state index contributed by atoms with van der Waals surface area (Å²) in [7, 11) is 0. The first-order valence-electron chi connectivity index (χ1n) is 6.94. The van der Waals surface area contributed by atoms with Crippen molar-refractivity contribution in [1.82, 2.24) is 9.80 Å². The molecule has 1 N–H and O–H groups in total. The van der Waals surface area contributed by atoms with E-state index in [1.807, 2.05) is 4.90 Å². The minimum atomic E-state index is 0.223. The lowest BCUT2D eigenvalue weighted by molar-refractivity contribution is -0.132. The number of hydrogen-bond acceptors (Lipinski definition) is 3. The summed E-state index contributed by atoms with van der Waals surface area (Å²) in [5, 5.41) is 8.91. The van der Waals surface area contributed by atoms with Crippen LogP contribution in [0.15, 0.2) is 0 Å². The molecule has 1 heterocycles. The van der Waals surface area contributed by atoms with E-state index in [-0.39, 0.29) is 12.5 Å². The summed E-state index contributed by atoms with van der Waals surface area (Å²) in [6.07, 6.45) is 6.83. The predicted molar refractivity (Wildman–Crippen MR) is 66.7 cm³/mol. The Kier molecular flexibility index (Phi) is 4.80. The summed E-state index contributed by atoms with van der Waals surface area (Å²) < 4.78 is 0. The highest BCUT2D eigenvalue weighted by atomic mass is 16.3. The first kappa shape index (κ1) is 12.8. The van der Waals surface area contributed by atoms with Crippen LogP contribution in [0.1, 0.15) is 38.5 Å². The zero-order chi connectivity index (χ0) is 12.1. The Hall–Kier alpha value is -0.610. The maximum atomic E-state index is 12.1. The fourth-order valence-corrected chi connectivity index (χ4v) is 2.66. The van der Waals surface area contributed by atoms with Gasteiger partial charge in [0.1, 0.15) is 0 Å². The molecule has 0 atom stereocenters. The highest BCUT2D eigenvalue weighted by molar-refractivity contribution is 5.78. The van der Waals surface area contributed by atoms with Crippen molar-refractivity contribution in [3.63, 3.8) is 0 Å². The number of hydrogen-bond donors (Lipinski definition) is 1. The average Bonchev–Trinajstić information content (AvgIpc) is 2.76. The minimum absolute atomic E-state index is 0.223. The van der Waals surface area contributed by atoms with Crippen molar-refractivity contribution >= 4 is 5.91 Å². The zero-order valence-electron chi connectivity index (χ0n) is 10.6. The van der Waals surface area contributed by atoms with E-state index < -0.39 is 0 Å². The lowest BCUT2D eigenvalue weighted by Crippen LogP contribution is -2.47. The molecule has 0 unspecified atom stereocenters. The van der Waals surface area contributed by atoms with Gasteiger partial charge in [0.2, 0.25) is 5.91 Å². The van der Waals surface area contributed by atoms with Crippen LogP contribution in [0.4, 0.5) is 0 Å². The maximum Gasteiger partial charge on any atom is 0.236 e. The van der Waals surface area contributed by atoms with Crippen LogP contribution < -0.4 is 0 Å². The van der Waals surface area contributed by atoms with Crippen molar-refractivity contribution in [1.29, 1.82) is 0 Å². The van der Waals surface area contributed by atoms with Gasteiger partial charge in [0.15, 0.2) is 0 Å². The molecule has 98 valence electrons. The third kappa shape index (κ3) is 3.42. The maximum absolute atomic E-state index is 12.1. The average molecular weight is 240 g/mol. The number of aliphatic hydroxyl groups excluding tert-OH is 1. The van der Waals surface area contributed by atoms with Crippen LogP contribution in [-0.4, -0.2) is 59.6 Å². The predicted octanol–water partition coefficient (Wildman–Crippen LogP) is 0.846. The number of amides is 1. The number of carbonyl (C=O) groups excluding carboxylic acids is 1. The molecule has 1 aliphatic carbocycles. The first-order chi connectivity index (χ1) is 8.31. The smallest absolute Gasteiger partial charge is 0.236 e. The van der Waals surface area contributed by atoms with Crippen LogP contribution >= 0.6 is 0 Å². The summed E-state index contributed by atoms with van der Waals surface area (Å²) in [6.45, 7) is 3.53. The van der Waals surface area contributed by atoms with E-state index in [0.717, 1.165) is 38.9 Å². The van der Waals surface area contributed by atoms with Crippen LogP contribution in [0.25, 0.3) is 0 Å². The standard InChI is InChI=1S/C13H24N2O2/c16-10-4-9-15(12-5-3-6-12)11-13(17)14-7-1-2-8-14/h12,16H,1-11H2. The highest BCUT2D eigenvalue weighted by Gasteiger charge is 2.28. The van der Waals surface area contributed by atoms with E-state index in [1.54, 1.807) is 0 Å². The second kappa shape index (κ2) is 6.36. The van der Waals surface area contributed by atoms with E-state index in [2.05, 4.69) is 4.90 Å². The van der Waals surface area contributed by atoms with Gasteiger partial charge < -0.3 is 10.0 Å². The van der Waals surface area contributed by atoms with Gasteiger partial charge in [0, 0.05) is 32.3 Å². The molecule has 0 spiro atoms. The van der Waals surface area contributed by atoms with Crippen LogP contribution in [-0.2, 0) is 4.79 Å². The Morgan fingerprint density at radius 2 is 1.94 bits per heavy atom. The molecule has 0 radical (unpaired) electrons. The molecule has 4 heteroatoms. The monoisotopic (exact) mass is 240 g/mol. The fraction of sp³-hybridized carbons (Fsp3) is 0.923. The van der Waals surface area contributed by atoms with E-state index in [4.69, 9.17) is 5.11 Å². The summed E-state index contributed by atoms with van der Waals surface area (Å²) in [6, 6.07) is 0.591. The Labute approximate surface area is 104 Å². The quantitative estimate of drug-likeness (QED) is 0.748. The largest absolute Gasteiger partial charge is 0.396 e. The number of aliphatic hydroxyl groups is 1. The molecular weight excluding hydrogens is 216 g/mol. The fourth-order valence-electron chi connectivity index (χ4n) is 2.66. The van der Waals surface area contributed by atoms with Gasteiger partial charge in [-0.05, 0) is 32.1 Å². The molecule has 2 aliphatic rings. The number of nitrogens with zero attached hydrogens (tertiary/aromatic N) is 2. The van der Waals surface area contributed by atoms with Crippen LogP contribution in [0.5, 0.6) is 0 Å². The minimum Gasteiger partial charge on any atom is -0.396 e. The third-order valence-corrected chi connectivity index (χ3v) is 3.99. The Morgan fingerprint density at radius 3 is 2.47 bits per heavy atom. The number of likely N-dealkylation sites (tertiary alicyclic amines) is 1. The SMILES string of the molecule is O=C(CN(CCCO)C1CCC1)N1CCCC1. The summed E-state index contributed by atoms with van der Waals surface area (Å²) >= 11 is 0. The van der Waals surface area contributed by atoms with Gasteiger partial charge in [-0.3, -0.25) is 9.69 Å². The van der Waals surface area contributed by atoms with Crippen molar-refractivity contribution in [2.24, 2.45) is 0 Å². The third-order valence-electron chi connectivity index (χ3n) is 3.99. The van der Waals surface area contributed by atoms with E-state index in [9.17, 15) is 4.79 Å². The normalized spacial score (nSPS) is 20.9. The molecule has 2 rings (SSSR count). The molecular formula is C13H24N2O2. The topological polar surface area (TPSA) is 43.8 Å². The van der Waals surface area contributed by atoms with E-state index in [1.165, 1.54) is 19.3 Å². The molecule has 1 saturated heterocycles. The lowest BCUT2D eigenvalue weighted by atomic mass is 9.91. The lowest BCUT2D eigenvalue weighted by Gasteiger charge is -2.37. The zero-order valence-corrected chi connectivity index (χ0v) is 10.6. The molecule has 2 fully saturated rings. The Bertz CT molecular complexity index is 248. The van der Waals surface area contributed by atoms with Gasteiger partial charge in [-0.1, -0.05) is 6.42 Å². The van der Waals surface area contributed by atoms with E-state index in [0.29, 0.717) is 12.6 Å². The molecule has 4 nitrogen and oxygen atoms in total. The van der Waals surface area contributed by atoms with Gasteiger partial charge in [-0.2, -0.15) is 0 Å². The van der Waals surface area contributed by atoms with Crippen molar-refractivity contribution in [3.05, 3.63) is 0 Å². The van der Waals surface area contributed by atoms with E-state index >= 15 is 0 Å². The first-order valence-corrected chi connectivity index (χ1v) is 6.94. The molecule has 17 heavy (non-hydrogen) atoms. The van der Waals surface area contributed by atoms with Crippen molar-refractivity contribution < 1.29 is 9.90 Å². The molecule has 1 aliphatic heterocycles. The Balaban J connectivity index is 1.80. The van der Waals surface area contributed by atoms with Gasteiger partial charge in [-0.15, -0.1) is 0 Å². The molecule has 0 aromatic carbocycles. The molecule has 0 aromatic heterocycles.